The van der Waals surface area contributed by atoms with Gasteiger partial charge in [0.2, 0.25) is 0 Å². The second-order valence-electron chi connectivity index (χ2n) is 5.92. The van der Waals surface area contributed by atoms with E-state index in [1.165, 1.54) is 12.1 Å². The number of nitrogens with zero attached hydrogens (tertiary/aromatic N) is 1. The van der Waals surface area contributed by atoms with Crippen molar-refractivity contribution in [1.29, 1.82) is 0 Å². The number of thioether (sulfide) groups is 1. The third kappa shape index (κ3) is 2.47. The van der Waals surface area contributed by atoms with Crippen LogP contribution in [-0.2, 0) is 6.18 Å². The van der Waals surface area contributed by atoms with Gasteiger partial charge in [-0.05, 0) is 42.4 Å². The molecule has 0 amide bonds. The Kier molecular flexibility index (Phi) is 3.30. The molecule has 1 aliphatic carbocycles. The first kappa shape index (κ1) is 14.8. The molecule has 2 unspecified atom stereocenters. The molecule has 1 aliphatic heterocycles. The minimum atomic E-state index is -4.33. The highest BCUT2D eigenvalue weighted by molar-refractivity contribution is 7.98. The first-order valence-corrected chi connectivity index (χ1v) is 8.64. The summed E-state index contributed by atoms with van der Waals surface area (Å²) in [5.41, 5.74) is 2.79. The van der Waals surface area contributed by atoms with Crippen molar-refractivity contribution >= 4 is 23.2 Å². The van der Waals surface area contributed by atoms with Crippen LogP contribution in [0.15, 0.2) is 52.4 Å². The topological polar surface area (TPSA) is 12.4 Å². The predicted octanol–water partition coefficient (Wildman–Crippen LogP) is 5.67. The third-order valence-corrected chi connectivity index (χ3v) is 5.32. The molecule has 2 aromatic rings. The maximum absolute atomic E-state index is 13.0. The fourth-order valence-electron chi connectivity index (χ4n) is 3.30. The molecule has 0 radical (unpaired) electrons. The third-order valence-electron chi connectivity index (χ3n) is 4.52. The van der Waals surface area contributed by atoms with Crippen molar-refractivity contribution in [2.45, 2.75) is 23.4 Å². The normalized spacial score (nSPS) is 22.2. The Balaban J connectivity index is 1.84. The van der Waals surface area contributed by atoms with E-state index in [4.69, 9.17) is 0 Å². The van der Waals surface area contributed by atoms with Crippen molar-refractivity contribution < 1.29 is 13.2 Å². The lowest BCUT2D eigenvalue weighted by atomic mass is 9.96. The summed E-state index contributed by atoms with van der Waals surface area (Å²) in [5.74, 6) is 0.655. The van der Waals surface area contributed by atoms with Gasteiger partial charge in [0.05, 0.1) is 17.0 Å². The molecule has 5 heteroatoms. The monoisotopic (exact) mass is 333 g/mol. The largest absolute Gasteiger partial charge is 0.416 e. The number of hydrogen-bond acceptors (Lipinski definition) is 2. The maximum Gasteiger partial charge on any atom is 0.416 e. The SMILES string of the molecule is CSc1ccccc1C1=Nc2cc(C(F)(F)F)ccc2C2CC12. The second-order valence-corrected chi connectivity index (χ2v) is 6.77. The summed E-state index contributed by atoms with van der Waals surface area (Å²) in [6, 6.07) is 11.9. The minimum Gasteiger partial charge on any atom is -0.252 e. The standard InChI is InChI=1S/C18H14F3NS/c1-23-16-5-3-2-4-12(16)17-14-9-13(14)11-7-6-10(18(19,20)21)8-15(11)22-17/h2-8,13-14H,9H2,1H3. The van der Waals surface area contributed by atoms with Crippen LogP contribution in [-0.4, -0.2) is 12.0 Å². The van der Waals surface area contributed by atoms with Crippen LogP contribution in [0.3, 0.4) is 0 Å². The lowest BCUT2D eigenvalue weighted by Gasteiger charge is -2.18. The summed E-state index contributed by atoms with van der Waals surface area (Å²) < 4.78 is 38.9. The van der Waals surface area contributed by atoms with Crippen molar-refractivity contribution in [3.8, 4) is 0 Å². The van der Waals surface area contributed by atoms with Crippen LogP contribution in [0.25, 0.3) is 0 Å². The van der Waals surface area contributed by atoms with E-state index in [2.05, 4.69) is 4.99 Å². The van der Waals surface area contributed by atoms with Crippen molar-refractivity contribution in [3.63, 3.8) is 0 Å². The summed E-state index contributed by atoms with van der Waals surface area (Å²) in [5, 5.41) is 0. The average molecular weight is 333 g/mol. The fourth-order valence-corrected chi connectivity index (χ4v) is 3.91. The Labute approximate surface area is 136 Å². The smallest absolute Gasteiger partial charge is 0.252 e. The molecule has 1 nitrogen and oxygen atoms in total. The summed E-state index contributed by atoms with van der Waals surface area (Å²) in [6.45, 7) is 0. The molecular weight excluding hydrogens is 319 g/mol. The molecule has 1 fully saturated rings. The maximum atomic E-state index is 13.0. The molecule has 4 rings (SSSR count). The highest BCUT2D eigenvalue weighted by Gasteiger charge is 2.47. The fraction of sp³-hybridized carbons (Fsp3) is 0.278. The average Bonchev–Trinajstić information content (AvgIpc) is 3.33. The van der Waals surface area contributed by atoms with E-state index in [1.54, 1.807) is 17.8 Å². The highest BCUT2D eigenvalue weighted by atomic mass is 32.2. The van der Waals surface area contributed by atoms with Crippen molar-refractivity contribution in [2.24, 2.45) is 10.9 Å². The van der Waals surface area contributed by atoms with Gasteiger partial charge in [-0.3, -0.25) is 4.99 Å². The van der Waals surface area contributed by atoms with Gasteiger partial charge in [0.1, 0.15) is 0 Å². The van der Waals surface area contributed by atoms with Gasteiger partial charge in [-0.25, -0.2) is 0 Å². The number of aliphatic imine (C=N–C) groups is 1. The lowest BCUT2D eigenvalue weighted by molar-refractivity contribution is -0.137. The minimum absolute atomic E-state index is 0.315. The Bertz CT molecular complexity index is 810. The number of benzene rings is 2. The Morgan fingerprint density at radius 3 is 2.61 bits per heavy atom. The summed E-state index contributed by atoms with van der Waals surface area (Å²) in [4.78, 5) is 5.74. The van der Waals surface area contributed by atoms with E-state index in [1.807, 2.05) is 30.5 Å². The van der Waals surface area contributed by atoms with Gasteiger partial charge in [-0.15, -0.1) is 11.8 Å². The van der Waals surface area contributed by atoms with Crippen molar-refractivity contribution in [1.82, 2.24) is 0 Å². The zero-order valence-corrected chi connectivity index (χ0v) is 13.2. The second kappa shape index (κ2) is 5.13. The van der Waals surface area contributed by atoms with Gasteiger partial charge in [0.25, 0.3) is 0 Å². The number of fused-ring (bicyclic) bond motifs is 3. The lowest BCUT2D eigenvalue weighted by Crippen LogP contribution is -2.11. The van der Waals surface area contributed by atoms with E-state index in [9.17, 15) is 13.2 Å². The highest BCUT2D eigenvalue weighted by Crippen LogP contribution is 2.56. The van der Waals surface area contributed by atoms with E-state index >= 15 is 0 Å². The van der Waals surface area contributed by atoms with E-state index in [0.29, 0.717) is 17.5 Å². The molecule has 0 spiro atoms. The van der Waals surface area contributed by atoms with Crippen LogP contribution in [0, 0.1) is 5.92 Å². The van der Waals surface area contributed by atoms with Crippen LogP contribution >= 0.6 is 11.8 Å². The molecule has 0 saturated heterocycles. The van der Waals surface area contributed by atoms with Crippen LogP contribution in [0.5, 0.6) is 0 Å². The first-order chi connectivity index (χ1) is 11.0. The van der Waals surface area contributed by atoms with Crippen LogP contribution in [0.2, 0.25) is 0 Å². The molecule has 1 heterocycles. The van der Waals surface area contributed by atoms with E-state index < -0.39 is 11.7 Å². The zero-order chi connectivity index (χ0) is 16.2. The van der Waals surface area contributed by atoms with Crippen LogP contribution < -0.4 is 0 Å². The number of rotatable bonds is 2. The van der Waals surface area contributed by atoms with Crippen molar-refractivity contribution in [3.05, 3.63) is 59.2 Å². The summed E-state index contributed by atoms with van der Waals surface area (Å²) in [6.07, 6.45) is -1.36. The van der Waals surface area contributed by atoms with Crippen LogP contribution in [0.1, 0.15) is 29.0 Å². The summed E-state index contributed by atoms with van der Waals surface area (Å²) in [7, 11) is 0. The molecule has 2 aliphatic rings. The summed E-state index contributed by atoms with van der Waals surface area (Å²) >= 11 is 1.64. The van der Waals surface area contributed by atoms with E-state index in [0.717, 1.165) is 28.2 Å². The number of halogens is 3. The molecule has 2 atom stereocenters. The molecule has 2 aromatic carbocycles. The van der Waals surface area contributed by atoms with Gasteiger partial charge < -0.3 is 0 Å². The van der Waals surface area contributed by atoms with Gasteiger partial charge in [-0.2, -0.15) is 13.2 Å². The van der Waals surface area contributed by atoms with Gasteiger partial charge in [0.15, 0.2) is 0 Å². The van der Waals surface area contributed by atoms with Gasteiger partial charge in [0, 0.05) is 16.4 Å². The first-order valence-electron chi connectivity index (χ1n) is 7.42. The number of hydrogen-bond donors (Lipinski definition) is 0. The molecule has 0 aromatic heterocycles. The van der Waals surface area contributed by atoms with Gasteiger partial charge >= 0.3 is 6.18 Å². The molecular formula is C18H14F3NS. The zero-order valence-electron chi connectivity index (χ0n) is 12.4. The van der Waals surface area contributed by atoms with Crippen molar-refractivity contribution in [2.75, 3.05) is 6.26 Å². The molecule has 23 heavy (non-hydrogen) atoms. The van der Waals surface area contributed by atoms with Crippen LogP contribution in [0.4, 0.5) is 18.9 Å². The quantitative estimate of drug-likeness (QED) is 0.646. The van der Waals surface area contributed by atoms with Gasteiger partial charge in [-0.1, -0.05) is 24.3 Å². The molecule has 118 valence electrons. The van der Waals surface area contributed by atoms with E-state index in [-0.39, 0.29) is 0 Å². The Morgan fingerprint density at radius 2 is 1.87 bits per heavy atom. The predicted molar refractivity (Wildman–Crippen MR) is 86.7 cm³/mol. The number of alkyl halides is 3. The Hall–Kier alpha value is -1.75. The molecule has 1 saturated carbocycles. The Morgan fingerprint density at radius 1 is 1.09 bits per heavy atom. The molecule has 0 N–H and O–H groups in total. The molecule has 0 bridgehead atoms.